The van der Waals surface area contributed by atoms with Crippen LogP contribution in [0, 0.1) is 0 Å². The van der Waals surface area contributed by atoms with Gasteiger partial charge in [0, 0.05) is 10.5 Å². The molecule has 0 spiro atoms. The number of methoxy groups -OCH3 is 1. The van der Waals surface area contributed by atoms with Crippen molar-refractivity contribution in [2.24, 2.45) is 0 Å². The van der Waals surface area contributed by atoms with Crippen LogP contribution in [0.3, 0.4) is 0 Å². The summed E-state index contributed by atoms with van der Waals surface area (Å²) in [7, 11) is 1.73. The van der Waals surface area contributed by atoms with Gasteiger partial charge in [0.25, 0.3) is 0 Å². The van der Waals surface area contributed by atoms with Crippen LogP contribution in [0.5, 0.6) is 5.75 Å². The Morgan fingerprint density at radius 3 is 2.94 bits per heavy atom. The summed E-state index contributed by atoms with van der Waals surface area (Å²) < 4.78 is 6.47. The average Bonchev–Trinajstić information content (AvgIpc) is 3.08. The number of benzene rings is 1. The molecule has 0 aliphatic heterocycles. The molecule has 2 rings (SSSR count). The number of nitrogens with one attached hydrogen (secondary N) is 1. The fourth-order valence-corrected chi connectivity index (χ4v) is 2.22. The highest BCUT2D eigenvalue weighted by Gasteiger charge is 2.19. The highest BCUT2D eigenvalue weighted by atomic mass is 79.9. The first-order chi connectivity index (χ1) is 7.79. The van der Waals surface area contributed by atoms with E-state index in [0.29, 0.717) is 0 Å². The Balaban J connectivity index is 1.83. The van der Waals surface area contributed by atoms with E-state index in [2.05, 4.69) is 27.3 Å². The molecule has 0 amide bonds. The third-order valence-corrected chi connectivity index (χ3v) is 3.37. The summed E-state index contributed by atoms with van der Waals surface area (Å²) in [5.41, 5.74) is 1.29. The zero-order valence-corrected chi connectivity index (χ0v) is 11.2. The maximum Gasteiger partial charge on any atom is 0.122 e. The Morgan fingerprint density at radius 2 is 2.25 bits per heavy atom. The van der Waals surface area contributed by atoms with Crippen molar-refractivity contribution in [1.82, 2.24) is 5.32 Å². The Kier molecular flexibility index (Phi) is 4.24. The van der Waals surface area contributed by atoms with Crippen LogP contribution >= 0.6 is 15.9 Å². The van der Waals surface area contributed by atoms with E-state index >= 15 is 0 Å². The maximum atomic E-state index is 5.35. The molecule has 88 valence electrons. The lowest BCUT2D eigenvalue weighted by molar-refractivity contribution is 0.409. The molecule has 1 aliphatic rings. The lowest BCUT2D eigenvalue weighted by Gasteiger charge is -2.09. The summed E-state index contributed by atoms with van der Waals surface area (Å²) in [6.07, 6.45) is 4.96. The van der Waals surface area contributed by atoms with Gasteiger partial charge in [0.15, 0.2) is 0 Å². The van der Waals surface area contributed by atoms with Crippen LogP contribution < -0.4 is 10.1 Å². The molecule has 1 aliphatic carbocycles. The van der Waals surface area contributed by atoms with Gasteiger partial charge < -0.3 is 10.1 Å². The van der Waals surface area contributed by atoms with Crippen molar-refractivity contribution in [3.05, 3.63) is 28.2 Å². The second-order valence-electron chi connectivity index (χ2n) is 4.29. The number of halogens is 1. The molecule has 3 heteroatoms. The number of ether oxygens (including phenoxy) is 1. The minimum Gasteiger partial charge on any atom is -0.496 e. The van der Waals surface area contributed by atoms with Gasteiger partial charge in [-0.05, 0) is 56.0 Å². The van der Waals surface area contributed by atoms with Gasteiger partial charge in [-0.1, -0.05) is 15.9 Å². The van der Waals surface area contributed by atoms with Crippen LogP contribution in [0.25, 0.3) is 0 Å². The zero-order chi connectivity index (χ0) is 11.4. The van der Waals surface area contributed by atoms with Crippen LogP contribution in [0.4, 0.5) is 0 Å². The van der Waals surface area contributed by atoms with E-state index < -0.39 is 0 Å². The molecule has 16 heavy (non-hydrogen) atoms. The van der Waals surface area contributed by atoms with Gasteiger partial charge in [-0.15, -0.1) is 0 Å². The molecule has 1 N–H and O–H groups in total. The largest absolute Gasteiger partial charge is 0.496 e. The van der Waals surface area contributed by atoms with E-state index in [1.54, 1.807) is 7.11 Å². The Labute approximate surface area is 106 Å². The van der Waals surface area contributed by atoms with Crippen LogP contribution in [0.15, 0.2) is 22.7 Å². The summed E-state index contributed by atoms with van der Waals surface area (Å²) >= 11 is 3.50. The topological polar surface area (TPSA) is 21.3 Å². The molecule has 0 atom stereocenters. The monoisotopic (exact) mass is 283 g/mol. The van der Waals surface area contributed by atoms with Crippen LogP contribution in [-0.4, -0.2) is 19.7 Å². The Morgan fingerprint density at radius 1 is 1.44 bits per heavy atom. The number of hydrogen-bond acceptors (Lipinski definition) is 2. The second kappa shape index (κ2) is 5.69. The Hall–Kier alpha value is -0.540. The van der Waals surface area contributed by atoms with Crippen molar-refractivity contribution < 1.29 is 4.74 Å². The van der Waals surface area contributed by atoms with Gasteiger partial charge in [-0.2, -0.15) is 0 Å². The molecular formula is C13H18BrNO. The van der Waals surface area contributed by atoms with Crippen molar-refractivity contribution in [1.29, 1.82) is 0 Å². The smallest absolute Gasteiger partial charge is 0.122 e. The van der Waals surface area contributed by atoms with Gasteiger partial charge >= 0.3 is 0 Å². The molecule has 0 saturated heterocycles. The van der Waals surface area contributed by atoms with Crippen molar-refractivity contribution in [2.75, 3.05) is 13.7 Å². The van der Waals surface area contributed by atoms with E-state index in [-0.39, 0.29) is 0 Å². The van der Waals surface area contributed by atoms with Gasteiger partial charge in [0.05, 0.1) is 7.11 Å². The molecule has 0 heterocycles. The molecule has 0 unspecified atom stereocenters. The number of aryl methyl sites for hydroxylation is 1. The summed E-state index contributed by atoms with van der Waals surface area (Å²) in [6.45, 7) is 1.11. The summed E-state index contributed by atoms with van der Waals surface area (Å²) in [4.78, 5) is 0. The second-order valence-corrected chi connectivity index (χ2v) is 5.20. The Bertz CT molecular complexity index is 350. The van der Waals surface area contributed by atoms with Crippen molar-refractivity contribution in [3.63, 3.8) is 0 Å². The summed E-state index contributed by atoms with van der Waals surface area (Å²) in [5.74, 6) is 0.995. The lowest BCUT2D eigenvalue weighted by atomic mass is 10.1. The molecule has 1 fully saturated rings. The fourth-order valence-electron chi connectivity index (χ4n) is 1.82. The highest BCUT2D eigenvalue weighted by Crippen LogP contribution is 2.24. The standard InChI is InChI=1S/C13H18BrNO/c1-16-13-7-4-11(14)9-10(13)3-2-8-15-12-5-6-12/h4,7,9,12,15H,2-3,5-6,8H2,1H3. The summed E-state index contributed by atoms with van der Waals surface area (Å²) in [6, 6.07) is 7.00. The fraction of sp³-hybridized carbons (Fsp3) is 0.538. The normalized spacial score (nSPS) is 15.1. The van der Waals surface area contributed by atoms with Crippen LogP contribution in [0.2, 0.25) is 0 Å². The van der Waals surface area contributed by atoms with Crippen molar-refractivity contribution in [2.45, 2.75) is 31.7 Å². The molecule has 1 aromatic carbocycles. The lowest BCUT2D eigenvalue weighted by Crippen LogP contribution is -2.17. The molecule has 0 bridgehead atoms. The minimum absolute atomic E-state index is 0.810. The third-order valence-electron chi connectivity index (χ3n) is 2.88. The van der Waals surface area contributed by atoms with E-state index in [0.717, 1.165) is 29.2 Å². The molecule has 0 aromatic heterocycles. The van der Waals surface area contributed by atoms with Crippen molar-refractivity contribution in [3.8, 4) is 5.75 Å². The number of hydrogen-bond donors (Lipinski definition) is 1. The predicted molar refractivity (Wildman–Crippen MR) is 70.0 cm³/mol. The maximum absolute atomic E-state index is 5.35. The SMILES string of the molecule is COc1ccc(Br)cc1CCCNC1CC1. The van der Waals surface area contributed by atoms with Crippen LogP contribution in [-0.2, 0) is 6.42 Å². The van der Waals surface area contributed by atoms with E-state index in [1.807, 2.05) is 12.1 Å². The van der Waals surface area contributed by atoms with Crippen LogP contribution in [0.1, 0.15) is 24.8 Å². The molecule has 2 nitrogen and oxygen atoms in total. The third kappa shape index (κ3) is 3.49. The first-order valence-corrected chi connectivity index (χ1v) is 6.64. The van der Waals surface area contributed by atoms with Gasteiger partial charge in [-0.25, -0.2) is 0 Å². The minimum atomic E-state index is 0.810. The van der Waals surface area contributed by atoms with E-state index in [4.69, 9.17) is 4.74 Å². The first kappa shape index (κ1) is 11.9. The first-order valence-electron chi connectivity index (χ1n) is 5.85. The van der Waals surface area contributed by atoms with Gasteiger partial charge in [0.2, 0.25) is 0 Å². The quantitative estimate of drug-likeness (QED) is 0.810. The average molecular weight is 284 g/mol. The molecule has 1 aromatic rings. The zero-order valence-electron chi connectivity index (χ0n) is 9.63. The molecule has 0 radical (unpaired) electrons. The van der Waals surface area contributed by atoms with E-state index in [9.17, 15) is 0 Å². The van der Waals surface area contributed by atoms with Gasteiger partial charge in [-0.3, -0.25) is 0 Å². The molecule has 1 saturated carbocycles. The van der Waals surface area contributed by atoms with Crippen molar-refractivity contribution >= 4 is 15.9 Å². The van der Waals surface area contributed by atoms with Gasteiger partial charge in [0.1, 0.15) is 5.75 Å². The predicted octanol–water partition coefficient (Wildman–Crippen LogP) is 3.14. The summed E-state index contributed by atoms with van der Waals surface area (Å²) in [5, 5.41) is 3.53. The number of rotatable bonds is 6. The highest BCUT2D eigenvalue weighted by molar-refractivity contribution is 9.10. The van der Waals surface area contributed by atoms with E-state index in [1.165, 1.54) is 24.8 Å². The molecular weight excluding hydrogens is 266 g/mol.